The van der Waals surface area contributed by atoms with Gasteiger partial charge in [-0.15, -0.1) is 0 Å². The molecule has 1 fully saturated rings. The predicted octanol–water partition coefficient (Wildman–Crippen LogP) is 2.03. The average Bonchev–Trinajstić information content (AvgIpc) is 2.29. The van der Waals surface area contributed by atoms with Crippen LogP contribution in [0.5, 0.6) is 0 Å². The van der Waals surface area contributed by atoms with Crippen molar-refractivity contribution in [2.75, 3.05) is 7.05 Å². The number of hydrogen-bond donors (Lipinski definition) is 1. The van der Waals surface area contributed by atoms with E-state index in [1.807, 2.05) is 0 Å². The summed E-state index contributed by atoms with van der Waals surface area (Å²) in [6.45, 7) is 9.28. The van der Waals surface area contributed by atoms with Crippen LogP contribution in [0.4, 0.5) is 0 Å². The Kier molecular flexibility index (Phi) is 1.59. The molecule has 0 aliphatic heterocycles. The number of rotatable bonds is 2. The Morgan fingerprint density at radius 3 is 1.90 bits per heavy atom. The molecular formula is C9H19N. The molecule has 2 atom stereocenters. The van der Waals surface area contributed by atoms with Gasteiger partial charge in [-0.3, -0.25) is 0 Å². The monoisotopic (exact) mass is 141 g/mol. The first-order valence-corrected chi connectivity index (χ1v) is 4.19. The molecule has 0 bridgehead atoms. The van der Waals surface area contributed by atoms with Crippen LogP contribution >= 0.6 is 0 Å². The van der Waals surface area contributed by atoms with Crippen LogP contribution in [-0.4, -0.2) is 12.6 Å². The summed E-state index contributed by atoms with van der Waals surface area (Å²) in [6, 6.07) is 0. The number of hydrogen-bond acceptors (Lipinski definition) is 1. The van der Waals surface area contributed by atoms with Crippen molar-refractivity contribution in [1.82, 2.24) is 5.32 Å². The topological polar surface area (TPSA) is 12.0 Å². The molecule has 0 aromatic rings. The summed E-state index contributed by atoms with van der Waals surface area (Å²) in [6.07, 6.45) is 1.30. The summed E-state index contributed by atoms with van der Waals surface area (Å²) >= 11 is 0. The van der Waals surface area contributed by atoms with Gasteiger partial charge < -0.3 is 5.32 Å². The third-order valence-electron chi connectivity index (χ3n) is 3.75. The summed E-state index contributed by atoms with van der Waals surface area (Å²) in [5.41, 5.74) is 0.915. The second kappa shape index (κ2) is 1.97. The zero-order valence-electron chi connectivity index (χ0n) is 7.78. The van der Waals surface area contributed by atoms with E-state index in [0.29, 0.717) is 11.0 Å². The lowest BCUT2D eigenvalue weighted by atomic mass is 10.1. The molecule has 0 heterocycles. The standard InChI is InChI=1S/C9H19N/c1-6-7-8(2,3)9(7,4)10-5/h7,10H,6H2,1-5H3/t7-,9?/m1/s1. The Bertz CT molecular complexity index is 140. The average molecular weight is 141 g/mol. The third kappa shape index (κ3) is 0.672. The largest absolute Gasteiger partial charge is 0.314 e. The highest BCUT2D eigenvalue weighted by Gasteiger charge is 2.65. The summed E-state index contributed by atoms with van der Waals surface area (Å²) in [5, 5.41) is 3.41. The Morgan fingerprint density at radius 2 is 1.80 bits per heavy atom. The first-order valence-electron chi connectivity index (χ1n) is 4.19. The molecule has 1 heteroatoms. The highest BCUT2D eigenvalue weighted by Crippen LogP contribution is 2.62. The zero-order chi connectivity index (χ0) is 7.99. The maximum Gasteiger partial charge on any atom is 0.0238 e. The fourth-order valence-corrected chi connectivity index (χ4v) is 2.52. The first kappa shape index (κ1) is 8.06. The Labute approximate surface area is 64.2 Å². The SMILES string of the molecule is CC[C@@H]1C(C)(C)C1(C)NC. The smallest absolute Gasteiger partial charge is 0.0238 e. The van der Waals surface area contributed by atoms with Crippen LogP contribution in [-0.2, 0) is 0 Å². The summed E-state index contributed by atoms with van der Waals surface area (Å²) in [7, 11) is 2.07. The van der Waals surface area contributed by atoms with E-state index in [1.54, 1.807) is 0 Å². The molecule has 1 rings (SSSR count). The molecule has 1 N–H and O–H groups in total. The molecule has 1 saturated carbocycles. The van der Waals surface area contributed by atoms with Crippen LogP contribution in [0.3, 0.4) is 0 Å². The van der Waals surface area contributed by atoms with Gasteiger partial charge in [0.1, 0.15) is 0 Å². The lowest BCUT2D eigenvalue weighted by Crippen LogP contribution is -2.29. The summed E-state index contributed by atoms with van der Waals surface area (Å²) in [4.78, 5) is 0. The van der Waals surface area contributed by atoms with Gasteiger partial charge >= 0.3 is 0 Å². The minimum Gasteiger partial charge on any atom is -0.314 e. The first-order chi connectivity index (χ1) is 4.50. The third-order valence-corrected chi connectivity index (χ3v) is 3.75. The second-order valence-corrected chi connectivity index (χ2v) is 4.13. The summed E-state index contributed by atoms with van der Waals surface area (Å²) < 4.78 is 0. The summed E-state index contributed by atoms with van der Waals surface area (Å²) in [5.74, 6) is 0.866. The van der Waals surface area contributed by atoms with E-state index in [1.165, 1.54) is 6.42 Å². The van der Waals surface area contributed by atoms with Crippen LogP contribution < -0.4 is 5.32 Å². The Morgan fingerprint density at radius 1 is 1.30 bits per heavy atom. The highest BCUT2D eigenvalue weighted by atomic mass is 15.1. The van der Waals surface area contributed by atoms with Crippen molar-refractivity contribution in [3.63, 3.8) is 0 Å². The fraction of sp³-hybridized carbons (Fsp3) is 1.00. The van der Waals surface area contributed by atoms with E-state index in [9.17, 15) is 0 Å². The van der Waals surface area contributed by atoms with Crippen molar-refractivity contribution in [2.24, 2.45) is 11.3 Å². The van der Waals surface area contributed by atoms with Gasteiger partial charge in [0.15, 0.2) is 0 Å². The van der Waals surface area contributed by atoms with E-state index in [0.717, 1.165) is 5.92 Å². The minimum atomic E-state index is 0.405. The van der Waals surface area contributed by atoms with Crippen LogP contribution in [0, 0.1) is 11.3 Å². The van der Waals surface area contributed by atoms with Crippen molar-refractivity contribution in [3.8, 4) is 0 Å². The van der Waals surface area contributed by atoms with Gasteiger partial charge in [0.25, 0.3) is 0 Å². The van der Waals surface area contributed by atoms with Crippen molar-refractivity contribution in [1.29, 1.82) is 0 Å². The Balaban J connectivity index is 2.68. The van der Waals surface area contributed by atoms with Gasteiger partial charge in [-0.1, -0.05) is 27.2 Å². The predicted molar refractivity (Wildman–Crippen MR) is 45.0 cm³/mol. The molecule has 1 aliphatic carbocycles. The zero-order valence-corrected chi connectivity index (χ0v) is 7.78. The molecular weight excluding hydrogens is 122 g/mol. The van der Waals surface area contributed by atoms with Gasteiger partial charge in [0.2, 0.25) is 0 Å². The van der Waals surface area contributed by atoms with E-state index < -0.39 is 0 Å². The normalized spacial score (nSPS) is 43.5. The van der Waals surface area contributed by atoms with Gasteiger partial charge in [-0.2, -0.15) is 0 Å². The molecule has 60 valence electrons. The van der Waals surface area contributed by atoms with Crippen molar-refractivity contribution >= 4 is 0 Å². The lowest BCUT2D eigenvalue weighted by Gasteiger charge is -2.12. The molecule has 0 saturated heterocycles. The molecule has 1 unspecified atom stereocenters. The van der Waals surface area contributed by atoms with Gasteiger partial charge in [0.05, 0.1) is 0 Å². The van der Waals surface area contributed by atoms with E-state index in [4.69, 9.17) is 0 Å². The van der Waals surface area contributed by atoms with E-state index in [2.05, 4.69) is 40.1 Å². The van der Waals surface area contributed by atoms with Crippen LogP contribution in [0.15, 0.2) is 0 Å². The van der Waals surface area contributed by atoms with E-state index in [-0.39, 0.29) is 0 Å². The van der Waals surface area contributed by atoms with Crippen LogP contribution in [0.1, 0.15) is 34.1 Å². The highest BCUT2D eigenvalue weighted by molar-refractivity contribution is 5.20. The minimum absolute atomic E-state index is 0.405. The maximum absolute atomic E-state index is 3.41. The Hall–Kier alpha value is -0.0400. The second-order valence-electron chi connectivity index (χ2n) is 4.13. The van der Waals surface area contributed by atoms with Gasteiger partial charge in [0, 0.05) is 5.54 Å². The molecule has 0 aromatic heterocycles. The quantitative estimate of drug-likeness (QED) is 0.620. The van der Waals surface area contributed by atoms with Crippen molar-refractivity contribution in [2.45, 2.75) is 39.7 Å². The molecule has 0 radical (unpaired) electrons. The van der Waals surface area contributed by atoms with Crippen molar-refractivity contribution in [3.05, 3.63) is 0 Å². The molecule has 0 amide bonds. The molecule has 1 nitrogen and oxygen atoms in total. The number of nitrogens with one attached hydrogen (secondary N) is 1. The fourth-order valence-electron chi connectivity index (χ4n) is 2.52. The maximum atomic E-state index is 3.41. The molecule has 0 spiro atoms. The van der Waals surface area contributed by atoms with Crippen molar-refractivity contribution < 1.29 is 0 Å². The van der Waals surface area contributed by atoms with Crippen LogP contribution in [0.2, 0.25) is 0 Å². The lowest BCUT2D eigenvalue weighted by molar-refractivity contribution is 0.459. The van der Waals surface area contributed by atoms with Crippen LogP contribution in [0.25, 0.3) is 0 Å². The molecule has 0 aromatic carbocycles. The van der Waals surface area contributed by atoms with Gasteiger partial charge in [-0.25, -0.2) is 0 Å². The molecule has 10 heavy (non-hydrogen) atoms. The molecule has 1 aliphatic rings. The van der Waals surface area contributed by atoms with Gasteiger partial charge in [-0.05, 0) is 25.3 Å². The van der Waals surface area contributed by atoms with E-state index >= 15 is 0 Å².